The lowest BCUT2D eigenvalue weighted by molar-refractivity contribution is -0.128. The molecule has 0 spiro atoms. The molecule has 0 aliphatic carbocycles. The predicted octanol–water partition coefficient (Wildman–Crippen LogP) is 4.03. The van der Waals surface area contributed by atoms with E-state index in [0.29, 0.717) is 13.1 Å². The number of para-hydroxylation sites is 1. The Balaban J connectivity index is 1.84. The molecule has 0 amide bonds. The van der Waals surface area contributed by atoms with Gasteiger partial charge in [0.25, 0.3) is 6.47 Å². The minimum absolute atomic E-state index is 0.145. The highest BCUT2D eigenvalue weighted by Crippen LogP contribution is 2.32. The average molecular weight is 339 g/mol. The Morgan fingerprint density at radius 2 is 1.88 bits per heavy atom. The summed E-state index contributed by atoms with van der Waals surface area (Å²) in [6.45, 7) is 1.18. The minimum atomic E-state index is -0.145. The molecule has 0 saturated carbocycles. The molecule has 3 rings (SSSR count). The van der Waals surface area contributed by atoms with Crippen molar-refractivity contribution in [1.29, 1.82) is 0 Å². The van der Waals surface area contributed by atoms with Gasteiger partial charge in [0.2, 0.25) is 0 Å². The van der Waals surface area contributed by atoms with Gasteiger partial charge in [-0.15, -0.1) is 11.3 Å². The van der Waals surface area contributed by atoms with Gasteiger partial charge in [0.1, 0.15) is 19.0 Å². The Hall–Kier alpha value is -2.66. The summed E-state index contributed by atoms with van der Waals surface area (Å²) in [6.07, 6.45) is 0. The molecule has 122 valence electrons. The maximum Gasteiger partial charge on any atom is 0.293 e. The van der Waals surface area contributed by atoms with Crippen LogP contribution in [0.4, 0.5) is 0 Å². The maximum absolute atomic E-state index is 10.6. The van der Waals surface area contributed by atoms with Crippen LogP contribution < -0.4 is 4.74 Å². The van der Waals surface area contributed by atoms with E-state index in [2.05, 4.69) is 4.98 Å². The highest BCUT2D eigenvalue weighted by Gasteiger charge is 2.21. The van der Waals surface area contributed by atoms with Gasteiger partial charge in [-0.1, -0.05) is 48.5 Å². The van der Waals surface area contributed by atoms with Crippen LogP contribution in [-0.4, -0.2) is 18.1 Å². The Morgan fingerprint density at radius 1 is 1.08 bits per heavy atom. The van der Waals surface area contributed by atoms with Crippen molar-refractivity contribution in [1.82, 2.24) is 4.98 Å². The Kier molecular flexibility index (Phi) is 5.58. The van der Waals surface area contributed by atoms with Crippen molar-refractivity contribution in [2.75, 3.05) is 6.61 Å². The molecule has 2 aromatic carbocycles. The lowest BCUT2D eigenvalue weighted by atomic mass is 9.96. The van der Waals surface area contributed by atoms with Gasteiger partial charge in [0, 0.05) is 10.9 Å². The fourth-order valence-corrected chi connectivity index (χ4v) is 3.11. The van der Waals surface area contributed by atoms with Crippen LogP contribution in [-0.2, 0) is 16.1 Å². The number of hydrogen-bond donors (Lipinski definition) is 0. The molecule has 0 N–H and O–H groups in total. The first-order chi connectivity index (χ1) is 11.9. The first kappa shape index (κ1) is 16.2. The van der Waals surface area contributed by atoms with E-state index in [1.807, 2.05) is 60.0 Å². The van der Waals surface area contributed by atoms with Crippen LogP contribution in [0.15, 0.2) is 65.5 Å². The molecule has 0 radical (unpaired) electrons. The number of nitrogens with zero attached hydrogens (tertiary/aromatic N) is 1. The van der Waals surface area contributed by atoms with Crippen molar-refractivity contribution in [2.24, 2.45) is 0 Å². The Morgan fingerprint density at radius 3 is 2.62 bits per heavy atom. The molecule has 0 saturated heterocycles. The zero-order valence-electron chi connectivity index (χ0n) is 13.0. The summed E-state index contributed by atoms with van der Waals surface area (Å²) in [5.74, 6) is 0.627. The van der Waals surface area contributed by atoms with Crippen LogP contribution in [0.1, 0.15) is 22.7 Å². The van der Waals surface area contributed by atoms with Crippen LogP contribution in [0.5, 0.6) is 5.75 Å². The molecule has 5 heteroatoms. The van der Waals surface area contributed by atoms with Gasteiger partial charge in [-0.25, -0.2) is 4.98 Å². The topological polar surface area (TPSA) is 48.4 Å². The summed E-state index contributed by atoms with van der Waals surface area (Å²) < 4.78 is 11.0. The highest BCUT2D eigenvalue weighted by molar-refractivity contribution is 7.07. The van der Waals surface area contributed by atoms with Gasteiger partial charge in [0.05, 0.1) is 17.1 Å². The highest BCUT2D eigenvalue weighted by atomic mass is 32.1. The number of hydrogen-bond acceptors (Lipinski definition) is 5. The molecule has 0 bridgehead atoms. The standard InChI is InChI=1S/C19H17NO3S/c21-14-22-11-17(18-12-24-13-20-18)16-8-4-5-9-19(16)23-10-15-6-2-1-3-7-15/h1-9,12-14,17H,10-11H2. The molecule has 1 atom stereocenters. The second-order valence-corrected chi connectivity index (χ2v) is 5.93. The van der Waals surface area contributed by atoms with E-state index in [9.17, 15) is 4.79 Å². The van der Waals surface area contributed by atoms with Crippen molar-refractivity contribution in [3.8, 4) is 5.75 Å². The maximum atomic E-state index is 10.6. The van der Waals surface area contributed by atoms with Crippen molar-refractivity contribution in [2.45, 2.75) is 12.5 Å². The second kappa shape index (κ2) is 8.26. The predicted molar refractivity (Wildman–Crippen MR) is 93.2 cm³/mol. The van der Waals surface area contributed by atoms with E-state index >= 15 is 0 Å². The van der Waals surface area contributed by atoms with Crippen molar-refractivity contribution >= 4 is 17.8 Å². The minimum Gasteiger partial charge on any atom is -0.489 e. The van der Waals surface area contributed by atoms with Crippen LogP contribution in [0.3, 0.4) is 0 Å². The summed E-state index contributed by atoms with van der Waals surface area (Å²) in [6, 6.07) is 17.8. The Bertz CT molecular complexity index is 759. The number of carbonyl (C=O) groups excluding carboxylic acids is 1. The summed E-state index contributed by atoms with van der Waals surface area (Å²) >= 11 is 1.52. The molecule has 1 unspecified atom stereocenters. The smallest absolute Gasteiger partial charge is 0.293 e. The summed E-state index contributed by atoms with van der Waals surface area (Å²) in [4.78, 5) is 15.0. The Labute approximate surface area is 144 Å². The van der Waals surface area contributed by atoms with Gasteiger partial charge in [-0.2, -0.15) is 0 Å². The van der Waals surface area contributed by atoms with E-state index in [1.54, 1.807) is 5.51 Å². The zero-order valence-corrected chi connectivity index (χ0v) is 13.8. The van der Waals surface area contributed by atoms with Crippen LogP contribution in [0, 0.1) is 0 Å². The van der Waals surface area contributed by atoms with Crippen LogP contribution in [0.2, 0.25) is 0 Å². The quantitative estimate of drug-likeness (QED) is 0.582. The summed E-state index contributed by atoms with van der Waals surface area (Å²) in [7, 11) is 0. The zero-order chi connectivity index (χ0) is 16.6. The summed E-state index contributed by atoms with van der Waals surface area (Å²) in [5.41, 5.74) is 4.71. The first-order valence-electron chi connectivity index (χ1n) is 7.57. The van der Waals surface area contributed by atoms with E-state index in [0.717, 1.165) is 22.6 Å². The molecule has 4 nitrogen and oxygen atoms in total. The van der Waals surface area contributed by atoms with Crippen LogP contribution >= 0.6 is 11.3 Å². The van der Waals surface area contributed by atoms with Gasteiger partial charge >= 0.3 is 0 Å². The van der Waals surface area contributed by atoms with E-state index in [-0.39, 0.29) is 12.5 Å². The average Bonchev–Trinajstić information content (AvgIpc) is 3.16. The third-order valence-corrected chi connectivity index (χ3v) is 4.28. The lowest BCUT2D eigenvalue weighted by Crippen LogP contribution is -2.11. The normalized spacial score (nSPS) is 11.7. The molecule has 1 aromatic heterocycles. The van der Waals surface area contributed by atoms with Crippen LogP contribution in [0.25, 0.3) is 0 Å². The number of carbonyl (C=O) groups is 1. The summed E-state index contributed by atoms with van der Waals surface area (Å²) in [5, 5.41) is 1.97. The monoisotopic (exact) mass is 339 g/mol. The third-order valence-electron chi connectivity index (χ3n) is 3.67. The SMILES string of the molecule is O=COCC(c1cscn1)c1ccccc1OCc1ccccc1. The number of ether oxygens (including phenoxy) is 2. The molecular weight excluding hydrogens is 322 g/mol. The van der Waals surface area contributed by atoms with Gasteiger partial charge in [-0.05, 0) is 11.6 Å². The molecule has 24 heavy (non-hydrogen) atoms. The molecule has 1 heterocycles. The van der Waals surface area contributed by atoms with E-state index < -0.39 is 0 Å². The fourth-order valence-electron chi connectivity index (χ4n) is 2.50. The van der Waals surface area contributed by atoms with Crippen molar-refractivity contribution < 1.29 is 14.3 Å². The van der Waals surface area contributed by atoms with E-state index in [4.69, 9.17) is 9.47 Å². The molecule has 3 aromatic rings. The van der Waals surface area contributed by atoms with Gasteiger partial charge in [-0.3, -0.25) is 4.79 Å². The number of thiazole rings is 1. The largest absolute Gasteiger partial charge is 0.489 e. The number of rotatable bonds is 8. The number of aromatic nitrogens is 1. The third kappa shape index (κ3) is 4.00. The molecule has 0 aliphatic rings. The van der Waals surface area contributed by atoms with Crippen molar-refractivity contribution in [3.05, 3.63) is 82.3 Å². The first-order valence-corrected chi connectivity index (χ1v) is 8.51. The fraction of sp³-hybridized carbons (Fsp3) is 0.158. The van der Waals surface area contributed by atoms with Gasteiger partial charge in [0.15, 0.2) is 0 Å². The number of benzene rings is 2. The van der Waals surface area contributed by atoms with Crippen molar-refractivity contribution in [3.63, 3.8) is 0 Å². The lowest BCUT2D eigenvalue weighted by Gasteiger charge is -2.18. The van der Waals surface area contributed by atoms with E-state index in [1.165, 1.54) is 11.3 Å². The second-order valence-electron chi connectivity index (χ2n) is 5.21. The molecule has 0 aliphatic heterocycles. The van der Waals surface area contributed by atoms with Gasteiger partial charge < -0.3 is 9.47 Å². The molecule has 0 fully saturated rings. The molecular formula is C19H17NO3S.